The fourth-order valence-corrected chi connectivity index (χ4v) is 3.34. The minimum atomic E-state index is -3.65. The smallest absolute Gasteiger partial charge is 0.335 e. The average molecular weight is 283 g/mol. The van der Waals surface area contributed by atoms with Crippen molar-refractivity contribution >= 4 is 16.0 Å². The standard InChI is InChI=1S/C13H17NO4S/c1-8-3-6-11(7-12(8)13(15)16)19(17,18)14-9(2)10-4-5-10/h3,6-7,9-10,14H,4-5H2,1-2H3,(H,15,16). The summed E-state index contributed by atoms with van der Waals surface area (Å²) in [5.41, 5.74) is 0.559. The first-order chi connectivity index (χ1) is 8.81. The highest BCUT2D eigenvalue weighted by molar-refractivity contribution is 7.89. The minimum Gasteiger partial charge on any atom is -0.478 e. The summed E-state index contributed by atoms with van der Waals surface area (Å²) in [6.07, 6.45) is 2.08. The number of carboxylic acid groups (broad SMARTS) is 1. The highest BCUT2D eigenvalue weighted by atomic mass is 32.2. The maximum absolute atomic E-state index is 12.2. The molecule has 0 aromatic heterocycles. The van der Waals surface area contributed by atoms with E-state index in [9.17, 15) is 13.2 Å². The van der Waals surface area contributed by atoms with Crippen molar-refractivity contribution in [1.29, 1.82) is 0 Å². The Kier molecular flexibility index (Phi) is 3.64. The van der Waals surface area contributed by atoms with E-state index in [4.69, 9.17) is 5.11 Å². The van der Waals surface area contributed by atoms with Crippen LogP contribution in [0.15, 0.2) is 23.1 Å². The van der Waals surface area contributed by atoms with E-state index >= 15 is 0 Å². The van der Waals surface area contributed by atoms with Crippen LogP contribution in [0.4, 0.5) is 0 Å². The molecule has 104 valence electrons. The minimum absolute atomic E-state index is 0.00278. The van der Waals surface area contributed by atoms with Gasteiger partial charge in [-0.25, -0.2) is 17.9 Å². The van der Waals surface area contributed by atoms with Crippen molar-refractivity contribution in [2.45, 2.75) is 37.6 Å². The van der Waals surface area contributed by atoms with Gasteiger partial charge >= 0.3 is 5.97 Å². The molecule has 2 rings (SSSR count). The summed E-state index contributed by atoms with van der Waals surface area (Å²) in [6.45, 7) is 3.47. The summed E-state index contributed by atoms with van der Waals surface area (Å²) in [5.74, 6) is -0.719. The average Bonchev–Trinajstić information content (AvgIpc) is 3.11. The summed E-state index contributed by atoms with van der Waals surface area (Å²) in [6, 6.07) is 4.04. The van der Waals surface area contributed by atoms with Crippen molar-refractivity contribution in [3.8, 4) is 0 Å². The molecule has 2 N–H and O–H groups in total. The first-order valence-corrected chi connectivity index (χ1v) is 7.66. The zero-order valence-electron chi connectivity index (χ0n) is 10.9. The molecule has 0 aliphatic heterocycles. The molecule has 1 fully saturated rings. The van der Waals surface area contributed by atoms with Gasteiger partial charge in [0.2, 0.25) is 10.0 Å². The Morgan fingerprint density at radius 2 is 2.05 bits per heavy atom. The molecule has 1 atom stereocenters. The number of hydrogen-bond donors (Lipinski definition) is 2. The van der Waals surface area contributed by atoms with Crippen LogP contribution < -0.4 is 4.72 Å². The Morgan fingerprint density at radius 3 is 2.58 bits per heavy atom. The molecular weight excluding hydrogens is 266 g/mol. The van der Waals surface area contributed by atoms with Gasteiger partial charge in [0.25, 0.3) is 0 Å². The Balaban J connectivity index is 2.29. The lowest BCUT2D eigenvalue weighted by molar-refractivity contribution is 0.0696. The molecule has 1 aliphatic carbocycles. The van der Waals surface area contributed by atoms with E-state index in [0.717, 1.165) is 12.8 Å². The second kappa shape index (κ2) is 4.94. The van der Waals surface area contributed by atoms with E-state index < -0.39 is 16.0 Å². The van der Waals surface area contributed by atoms with Crippen molar-refractivity contribution < 1.29 is 18.3 Å². The molecular formula is C13H17NO4S. The predicted molar refractivity (Wildman–Crippen MR) is 70.6 cm³/mol. The van der Waals surface area contributed by atoms with Crippen LogP contribution in [0, 0.1) is 12.8 Å². The van der Waals surface area contributed by atoms with E-state index in [2.05, 4.69) is 4.72 Å². The topological polar surface area (TPSA) is 83.5 Å². The van der Waals surface area contributed by atoms with Gasteiger partial charge in [0.1, 0.15) is 0 Å². The number of nitrogens with one attached hydrogen (secondary N) is 1. The number of hydrogen-bond acceptors (Lipinski definition) is 3. The molecule has 19 heavy (non-hydrogen) atoms. The van der Waals surface area contributed by atoms with E-state index in [1.165, 1.54) is 18.2 Å². The SMILES string of the molecule is Cc1ccc(S(=O)(=O)NC(C)C2CC2)cc1C(=O)O. The van der Waals surface area contributed by atoms with Gasteiger partial charge in [-0.15, -0.1) is 0 Å². The summed E-state index contributed by atoms with van der Waals surface area (Å²) in [5, 5.41) is 9.02. The molecule has 6 heteroatoms. The quantitative estimate of drug-likeness (QED) is 0.862. The first kappa shape index (κ1) is 14.0. The molecule has 1 unspecified atom stereocenters. The van der Waals surface area contributed by atoms with Crippen molar-refractivity contribution in [2.24, 2.45) is 5.92 Å². The van der Waals surface area contributed by atoms with Crippen LogP contribution in [-0.4, -0.2) is 25.5 Å². The normalized spacial score (nSPS) is 17.2. The van der Waals surface area contributed by atoms with Gasteiger partial charge in [-0.1, -0.05) is 6.07 Å². The van der Waals surface area contributed by atoms with Crippen LogP contribution in [0.1, 0.15) is 35.7 Å². The second-order valence-electron chi connectivity index (χ2n) is 5.03. The zero-order chi connectivity index (χ0) is 14.2. The molecule has 1 aromatic rings. The number of aromatic carboxylic acids is 1. The van der Waals surface area contributed by atoms with Gasteiger partial charge in [0.15, 0.2) is 0 Å². The van der Waals surface area contributed by atoms with Gasteiger partial charge in [0, 0.05) is 6.04 Å². The Hall–Kier alpha value is -1.40. The van der Waals surface area contributed by atoms with Crippen LogP contribution in [0.5, 0.6) is 0 Å². The van der Waals surface area contributed by atoms with Crippen molar-refractivity contribution in [1.82, 2.24) is 4.72 Å². The van der Waals surface area contributed by atoms with Crippen molar-refractivity contribution in [3.05, 3.63) is 29.3 Å². The molecule has 0 spiro atoms. The molecule has 1 aliphatic rings. The van der Waals surface area contributed by atoms with Gasteiger partial charge in [-0.05, 0) is 50.3 Å². The summed E-state index contributed by atoms with van der Waals surface area (Å²) < 4.78 is 26.9. The lowest BCUT2D eigenvalue weighted by Crippen LogP contribution is -2.34. The van der Waals surface area contributed by atoms with E-state index in [0.29, 0.717) is 11.5 Å². The highest BCUT2D eigenvalue weighted by Gasteiger charge is 2.31. The summed E-state index contributed by atoms with van der Waals surface area (Å²) in [4.78, 5) is 11.0. The van der Waals surface area contributed by atoms with E-state index in [1.807, 2.05) is 6.92 Å². The number of carbonyl (C=O) groups is 1. The fourth-order valence-electron chi connectivity index (χ4n) is 2.00. The number of aryl methyl sites for hydroxylation is 1. The maximum atomic E-state index is 12.2. The molecule has 0 heterocycles. The van der Waals surface area contributed by atoms with E-state index in [1.54, 1.807) is 6.92 Å². The molecule has 1 saturated carbocycles. The number of carboxylic acids is 1. The molecule has 0 amide bonds. The monoisotopic (exact) mass is 283 g/mol. The van der Waals surface area contributed by atoms with Gasteiger partial charge in [-0.3, -0.25) is 0 Å². The Morgan fingerprint density at radius 1 is 1.42 bits per heavy atom. The van der Waals surface area contributed by atoms with Crippen LogP contribution in [0.2, 0.25) is 0 Å². The molecule has 5 nitrogen and oxygen atoms in total. The number of sulfonamides is 1. The Labute approximate surface area is 112 Å². The third-order valence-electron chi connectivity index (χ3n) is 3.42. The molecule has 0 radical (unpaired) electrons. The number of benzene rings is 1. The van der Waals surface area contributed by atoms with E-state index in [-0.39, 0.29) is 16.5 Å². The lowest BCUT2D eigenvalue weighted by atomic mass is 10.1. The van der Waals surface area contributed by atoms with Gasteiger partial charge in [0.05, 0.1) is 10.5 Å². The van der Waals surface area contributed by atoms with Gasteiger partial charge in [-0.2, -0.15) is 0 Å². The molecule has 1 aromatic carbocycles. The third kappa shape index (κ3) is 3.13. The fraction of sp³-hybridized carbons (Fsp3) is 0.462. The second-order valence-corrected chi connectivity index (χ2v) is 6.74. The Bertz CT molecular complexity index is 605. The molecule has 0 bridgehead atoms. The summed E-state index contributed by atoms with van der Waals surface area (Å²) >= 11 is 0. The summed E-state index contributed by atoms with van der Waals surface area (Å²) in [7, 11) is -3.65. The predicted octanol–water partition coefficient (Wildman–Crippen LogP) is 1.77. The highest BCUT2D eigenvalue weighted by Crippen LogP contribution is 2.33. The van der Waals surface area contributed by atoms with Crippen molar-refractivity contribution in [2.75, 3.05) is 0 Å². The van der Waals surface area contributed by atoms with Crippen LogP contribution >= 0.6 is 0 Å². The number of rotatable bonds is 5. The van der Waals surface area contributed by atoms with Crippen molar-refractivity contribution in [3.63, 3.8) is 0 Å². The zero-order valence-corrected chi connectivity index (χ0v) is 11.7. The maximum Gasteiger partial charge on any atom is 0.335 e. The lowest BCUT2D eigenvalue weighted by Gasteiger charge is -2.14. The molecule has 0 saturated heterocycles. The third-order valence-corrected chi connectivity index (χ3v) is 4.98. The van der Waals surface area contributed by atoms with Crippen LogP contribution in [0.25, 0.3) is 0 Å². The largest absolute Gasteiger partial charge is 0.478 e. The van der Waals surface area contributed by atoms with Gasteiger partial charge < -0.3 is 5.11 Å². The van der Waals surface area contributed by atoms with Crippen LogP contribution in [-0.2, 0) is 10.0 Å². The van der Waals surface area contributed by atoms with Crippen LogP contribution in [0.3, 0.4) is 0 Å². The first-order valence-electron chi connectivity index (χ1n) is 6.17.